The molecule has 1 aromatic heterocycles. The van der Waals surface area contributed by atoms with Gasteiger partial charge in [0.25, 0.3) is 0 Å². The molecule has 0 unspecified atom stereocenters. The molecule has 3 rings (SSSR count). The molecule has 1 fully saturated rings. The Morgan fingerprint density at radius 3 is 2.33 bits per heavy atom. The first-order valence-electron chi connectivity index (χ1n) is 9.28. The molecule has 1 atom stereocenters. The molecule has 8 nitrogen and oxygen atoms in total. The first-order chi connectivity index (χ1) is 12.8. The summed E-state index contributed by atoms with van der Waals surface area (Å²) in [6, 6.07) is 5.78. The summed E-state index contributed by atoms with van der Waals surface area (Å²) in [4.78, 5) is 4.76. The van der Waals surface area contributed by atoms with Crippen LogP contribution < -0.4 is 9.47 Å². The maximum absolute atomic E-state index is 5.69. The summed E-state index contributed by atoms with van der Waals surface area (Å²) >= 11 is 0. The zero-order valence-corrected chi connectivity index (χ0v) is 17.1. The van der Waals surface area contributed by atoms with Gasteiger partial charge in [-0.3, -0.25) is 4.90 Å². The average molecular weight is 374 g/mol. The van der Waals surface area contributed by atoms with Crippen molar-refractivity contribution in [2.24, 2.45) is 0 Å². The number of aromatic nitrogens is 4. The summed E-state index contributed by atoms with van der Waals surface area (Å²) in [6.07, 6.45) is 0. The highest BCUT2D eigenvalue weighted by atomic mass is 16.5. The molecule has 0 N–H and O–H groups in total. The zero-order valence-electron chi connectivity index (χ0n) is 17.1. The van der Waals surface area contributed by atoms with Gasteiger partial charge in [-0.1, -0.05) is 0 Å². The Bertz CT molecular complexity index is 762. The molecule has 1 aromatic carbocycles. The van der Waals surface area contributed by atoms with Gasteiger partial charge in [-0.25, -0.2) is 4.68 Å². The fraction of sp³-hybridized carbons (Fsp3) is 0.632. The number of methoxy groups -OCH3 is 2. The summed E-state index contributed by atoms with van der Waals surface area (Å²) in [5.74, 6) is 2.42. The number of nitrogens with zero attached hydrogens (tertiary/aromatic N) is 6. The average Bonchev–Trinajstić information content (AvgIpc) is 3.13. The molecular formula is C19H30N6O2. The van der Waals surface area contributed by atoms with Crippen LogP contribution in [0.2, 0.25) is 0 Å². The van der Waals surface area contributed by atoms with Gasteiger partial charge < -0.3 is 14.4 Å². The SMILES string of the molecule is COc1ccc(OC)c([C@H](c2nnnn2C(C)(C)C)N2CCN(C)CC2)c1. The fourth-order valence-electron chi connectivity index (χ4n) is 3.47. The van der Waals surface area contributed by atoms with E-state index in [0.717, 1.165) is 49.1 Å². The molecule has 1 aliphatic heterocycles. The van der Waals surface area contributed by atoms with Gasteiger partial charge in [0.1, 0.15) is 17.5 Å². The maximum atomic E-state index is 5.69. The summed E-state index contributed by atoms with van der Waals surface area (Å²) in [5.41, 5.74) is 0.789. The lowest BCUT2D eigenvalue weighted by atomic mass is 10.00. The summed E-state index contributed by atoms with van der Waals surface area (Å²) in [5, 5.41) is 12.7. The Morgan fingerprint density at radius 1 is 1.04 bits per heavy atom. The Hall–Kier alpha value is -2.19. The fourth-order valence-corrected chi connectivity index (χ4v) is 3.47. The van der Waals surface area contributed by atoms with Crippen molar-refractivity contribution in [3.8, 4) is 11.5 Å². The predicted molar refractivity (Wildman–Crippen MR) is 103 cm³/mol. The van der Waals surface area contributed by atoms with Crippen molar-refractivity contribution in [1.29, 1.82) is 0 Å². The molecule has 8 heteroatoms. The van der Waals surface area contributed by atoms with E-state index < -0.39 is 0 Å². The van der Waals surface area contributed by atoms with E-state index in [-0.39, 0.29) is 11.6 Å². The van der Waals surface area contributed by atoms with Gasteiger partial charge in [0.05, 0.1) is 19.8 Å². The molecule has 2 heterocycles. The molecule has 0 bridgehead atoms. The van der Waals surface area contributed by atoms with Crippen LogP contribution >= 0.6 is 0 Å². The number of hydrogen-bond donors (Lipinski definition) is 0. The number of piperazine rings is 1. The topological polar surface area (TPSA) is 68.5 Å². The van der Waals surface area contributed by atoms with E-state index in [4.69, 9.17) is 9.47 Å². The molecule has 27 heavy (non-hydrogen) atoms. The number of benzene rings is 1. The molecule has 0 amide bonds. The van der Waals surface area contributed by atoms with E-state index in [9.17, 15) is 0 Å². The van der Waals surface area contributed by atoms with Gasteiger partial charge >= 0.3 is 0 Å². The number of ether oxygens (including phenoxy) is 2. The van der Waals surface area contributed by atoms with Gasteiger partial charge in [-0.15, -0.1) is 5.10 Å². The standard InChI is InChI=1S/C19H30N6O2/c1-19(2,3)25-18(20-21-22-25)17(24-11-9-23(4)10-12-24)15-13-14(26-5)7-8-16(15)27-6/h7-8,13,17H,9-12H2,1-6H3/t17-/m1/s1. The minimum atomic E-state index is -0.226. The van der Waals surface area contributed by atoms with E-state index in [1.165, 1.54) is 0 Å². The molecule has 2 aromatic rings. The van der Waals surface area contributed by atoms with Crippen molar-refractivity contribution in [1.82, 2.24) is 30.0 Å². The van der Waals surface area contributed by atoms with Crippen LogP contribution in [0, 0.1) is 0 Å². The monoisotopic (exact) mass is 374 g/mol. The lowest BCUT2D eigenvalue weighted by molar-refractivity contribution is 0.117. The number of rotatable bonds is 5. The van der Waals surface area contributed by atoms with Crippen LogP contribution in [0.1, 0.15) is 38.2 Å². The Morgan fingerprint density at radius 2 is 1.74 bits per heavy atom. The molecular weight excluding hydrogens is 344 g/mol. The second kappa shape index (κ2) is 7.82. The van der Waals surface area contributed by atoms with Gasteiger partial charge in [0, 0.05) is 31.7 Å². The van der Waals surface area contributed by atoms with Gasteiger partial charge in [-0.2, -0.15) is 0 Å². The van der Waals surface area contributed by atoms with Crippen LogP contribution in [0.5, 0.6) is 11.5 Å². The van der Waals surface area contributed by atoms with Crippen LogP contribution in [0.15, 0.2) is 18.2 Å². The third-order valence-electron chi connectivity index (χ3n) is 5.01. The second-order valence-electron chi connectivity index (χ2n) is 7.97. The van der Waals surface area contributed by atoms with E-state index in [2.05, 4.69) is 53.1 Å². The normalized spacial score (nSPS) is 17.7. The Labute approximate surface area is 161 Å². The third-order valence-corrected chi connectivity index (χ3v) is 5.01. The van der Waals surface area contributed by atoms with Crippen LogP contribution in [0.4, 0.5) is 0 Å². The molecule has 148 valence electrons. The first kappa shape index (κ1) is 19.6. The maximum Gasteiger partial charge on any atom is 0.173 e. The van der Waals surface area contributed by atoms with Crippen LogP contribution in [0.25, 0.3) is 0 Å². The Balaban J connectivity index is 2.13. The van der Waals surface area contributed by atoms with Crippen LogP contribution in [-0.2, 0) is 5.54 Å². The number of tetrazole rings is 1. The molecule has 1 aliphatic rings. The minimum Gasteiger partial charge on any atom is -0.497 e. The molecule has 0 saturated carbocycles. The quantitative estimate of drug-likeness (QED) is 0.790. The van der Waals surface area contributed by atoms with Gasteiger partial charge in [0.15, 0.2) is 5.82 Å². The molecule has 1 saturated heterocycles. The molecule has 0 aliphatic carbocycles. The van der Waals surface area contributed by atoms with Crippen molar-refractivity contribution in [3.63, 3.8) is 0 Å². The van der Waals surface area contributed by atoms with Crippen LogP contribution in [0.3, 0.4) is 0 Å². The van der Waals surface area contributed by atoms with Crippen molar-refractivity contribution >= 4 is 0 Å². The lowest BCUT2D eigenvalue weighted by Gasteiger charge is -2.38. The van der Waals surface area contributed by atoms with E-state index in [1.54, 1.807) is 14.2 Å². The number of likely N-dealkylation sites (N-methyl/N-ethyl adjacent to an activating group) is 1. The van der Waals surface area contributed by atoms with Crippen molar-refractivity contribution in [3.05, 3.63) is 29.6 Å². The van der Waals surface area contributed by atoms with Crippen molar-refractivity contribution < 1.29 is 9.47 Å². The predicted octanol–water partition coefficient (Wildman–Crippen LogP) is 1.78. The first-order valence-corrected chi connectivity index (χ1v) is 9.28. The highest BCUT2D eigenvalue weighted by Crippen LogP contribution is 2.37. The zero-order chi connectivity index (χ0) is 19.6. The highest BCUT2D eigenvalue weighted by molar-refractivity contribution is 5.44. The lowest BCUT2D eigenvalue weighted by Crippen LogP contribution is -2.47. The molecule has 0 radical (unpaired) electrons. The highest BCUT2D eigenvalue weighted by Gasteiger charge is 2.34. The third kappa shape index (κ3) is 4.06. The van der Waals surface area contributed by atoms with E-state index in [1.807, 2.05) is 22.9 Å². The minimum absolute atomic E-state index is 0.113. The van der Waals surface area contributed by atoms with Gasteiger partial charge in [-0.05, 0) is 56.4 Å². The number of hydrogen-bond acceptors (Lipinski definition) is 7. The summed E-state index contributed by atoms with van der Waals surface area (Å²) < 4.78 is 13.1. The smallest absolute Gasteiger partial charge is 0.173 e. The Kier molecular flexibility index (Phi) is 5.67. The summed E-state index contributed by atoms with van der Waals surface area (Å²) in [7, 11) is 5.52. The van der Waals surface area contributed by atoms with Gasteiger partial charge in [0.2, 0.25) is 0 Å². The van der Waals surface area contributed by atoms with E-state index in [0.29, 0.717) is 0 Å². The molecule has 0 spiro atoms. The largest absolute Gasteiger partial charge is 0.497 e. The van der Waals surface area contributed by atoms with Crippen molar-refractivity contribution in [2.45, 2.75) is 32.4 Å². The van der Waals surface area contributed by atoms with E-state index >= 15 is 0 Å². The van der Waals surface area contributed by atoms with Crippen LogP contribution in [-0.4, -0.2) is 77.5 Å². The van der Waals surface area contributed by atoms with Crippen molar-refractivity contribution in [2.75, 3.05) is 47.4 Å². The summed E-state index contributed by atoms with van der Waals surface area (Å²) in [6.45, 7) is 10.2. The second-order valence-corrected chi connectivity index (χ2v) is 7.97.